The van der Waals surface area contributed by atoms with Crippen LogP contribution in [0.1, 0.15) is 123 Å². The van der Waals surface area contributed by atoms with E-state index in [9.17, 15) is 28.9 Å². The molecule has 0 saturated heterocycles. The maximum atomic E-state index is 12.6. The van der Waals surface area contributed by atoms with Crippen LogP contribution in [0.2, 0.25) is 0 Å². The SMILES string of the molecule is CC/C=C\C/C=C\C/C=C\C/C=C\C/C=C\C/C=C\CCC(=O)O[C@H](COC(=O)CCC/C=C/C/C=C\C[C@H](O)/C=C\C=C/CCCCC)COP(=O)(O)OC[C@H](N)C(=O)O. The zero-order chi connectivity index (χ0) is 45.1. The van der Waals surface area contributed by atoms with Crippen LogP contribution in [0, 0.1) is 0 Å². The summed E-state index contributed by atoms with van der Waals surface area (Å²) < 4.78 is 32.5. The number of carbonyl (C=O) groups excluding carboxylic acids is 2. The van der Waals surface area contributed by atoms with Gasteiger partial charge < -0.3 is 30.3 Å². The van der Waals surface area contributed by atoms with Crippen molar-refractivity contribution in [3.63, 3.8) is 0 Å². The summed E-state index contributed by atoms with van der Waals surface area (Å²) >= 11 is 0. The molecule has 342 valence electrons. The van der Waals surface area contributed by atoms with Gasteiger partial charge >= 0.3 is 25.7 Å². The van der Waals surface area contributed by atoms with Crippen LogP contribution in [0.5, 0.6) is 0 Å². The van der Waals surface area contributed by atoms with Crippen molar-refractivity contribution in [3.8, 4) is 0 Å². The Kier molecular flexibility index (Phi) is 38.4. The lowest BCUT2D eigenvalue weighted by molar-refractivity contribution is -0.161. The number of aliphatic hydroxyl groups is 1. The average molecular weight is 872 g/mol. The standard InChI is InChI=1S/C48H74NO11P/c1-3-5-7-9-11-12-13-14-15-16-17-18-19-20-21-22-26-31-35-39-47(52)60-44(41-58-61(55,56)59-42-45(49)48(53)54)40-57-46(51)38-34-30-27-23-25-29-33-37-43(50)36-32-28-24-10-8-6-4-2/h5,7,11-12,14-15,17-18,20-21,23-24,26-29,31-33,36,43-45,50H,3-4,6,8-10,13,16,19,22,25,30,34-35,37-42,49H2,1-2H3,(H,53,54)(H,55,56)/b7-5-,12-11-,15-14-,18-17-,21-20-,27-23+,28-24-,31-26-,33-29-,36-32-/t43-,44-,45+/m1/s1. The quantitative estimate of drug-likeness (QED) is 0.0151. The van der Waals surface area contributed by atoms with Crippen molar-refractivity contribution in [2.45, 2.75) is 141 Å². The Balaban J connectivity index is 4.67. The number of aliphatic carboxylic acids is 1. The average Bonchev–Trinajstić information content (AvgIpc) is 3.23. The molecule has 0 aromatic carbocycles. The molecule has 0 saturated carbocycles. The summed E-state index contributed by atoms with van der Waals surface area (Å²) in [6.45, 7) is 2.41. The van der Waals surface area contributed by atoms with Gasteiger partial charge in [0.2, 0.25) is 0 Å². The van der Waals surface area contributed by atoms with Crippen molar-refractivity contribution < 1.29 is 52.6 Å². The second-order valence-electron chi connectivity index (χ2n) is 13.9. The van der Waals surface area contributed by atoms with E-state index < -0.39 is 63.8 Å². The molecule has 0 amide bonds. The largest absolute Gasteiger partial charge is 0.480 e. The Hall–Kier alpha value is -4.16. The monoisotopic (exact) mass is 871 g/mol. The highest BCUT2D eigenvalue weighted by Crippen LogP contribution is 2.43. The molecule has 0 aromatic heterocycles. The molecule has 0 heterocycles. The number of esters is 2. The van der Waals surface area contributed by atoms with Gasteiger partial charge in [-0.05, 0) is 83.5 Å². The van der Waals surface area contributed by atoms with E-state index in [0.29, 0.717) is 38.5 Å². The van der Waals surface area contributed by atoms with Crippen molar-refractivity contribution in [1.29, 1.82) is 0 Å². The van der Waals surface area contributed by atoms with Gasteiger partial charge in [-0.25, -0.2) is 4.57 Å². The highest BCUT2D eigenvalue weighted by atomic mass is 31.2. The summed E-state index contributed by atoms with van der Waals surface area (Å²) in [4.78, 5) is 45.9. The first-order chi connectivity index (χ1) is 29.5. The number of phosphoric acid groups is 1. The first-order valence-electron chi connectivity index (χ1n) is 21.7. The number of hydrogen-bond donors (Lipinski definition) is 4. The van der Waals surface area contributed by atoms with Gasteiger partial charge in [-0.2, -0.15) is 0 Å². The van der Waals surface area contributed by atoms with Crippen LogP contribution in [0.4, 0.5) is 0 Å². The number of unbranched alkanes of at least 4 members (excludes halogenated alkanes) is 4. The van der Waals surface area contributed by atoms with Crippen molar-refractivity contribution in [1.82, 2.24) is 0 Å². The maximum Gasteiger partial charge on any atom is 0.472 e. The molecular weight excluding hydrogens is 797 g/mol. The molecule has 0 spiro atoms. The van der Waals surface area contributed by atoms with Crippen LogP contribution in [0.25, 0.3) is 0 Å². The van der Waals surface area contributed by atoms with Crippen LogP contribution >= 0.6 is 7.82 Å². The molecular formula is C48H74NO11P. The number of carboxylic acids is 1. The number of allylic oxidation sites excluding steroid dienone is 18. The summed E-state index contributed by atoms with van der Waals surface area (Å²) in [5, 5.41) is 18.9. The third-order valence-corrected chi connectivity index (χ3v) is 9.24. The van der Waals surface area contributed by atoms with Crippen LogP contribution < -0.4 is 5.73 Å². The summed E-state index contributed by atoms with van der Waals surface area (Å²) in [5.74, 6) is -2.63. The zero-order valence-electron chi connectivity index (χ0n) is 36.6. The maximum absolute atomic E-state index is 12.6. The number of ether oxygens (including phenoxy) is 2. The molecule has 0 radical (unpaired) electrons. The van der Waals surface area contributed by atoms with Crippen LogP contribution in [-0.4, -0.2) is 71.1 Å². The lowest BCUT2D eigenvalue weighted by Gasteiger charge is -2.20. The predicted molar refractivity (Wildman–Crippen MR) is 245 cm³/mol. The molecule has 5 N–H and O–H groups in total. The van der Waals surface area contributed by atoms with E-state index >= 15 is 0 Å². The fourth-order valence-electron chi connectivity index (χ4n) is 4.87. The Morgan fingerprint density at radius 1 is 0.607 bits per heavy atom. The van der Waals surface area contributed by atoms with Gasteiger partial charge in [0.1, 0.15) is 12.6 Å². The number of hydrogen-bond acceptors (Lipinski definition) is 10. The molecule has 1 unspecified atom stereocenters. The van der Waals surface area contributed by atoms with Gasteiger partial charge in [0.15, 0.2) is 6.10 Å². The number of nitrogens with two attached hydrogens (primary N) is 1. The van der Waals surface area contributed by atoms with Crippen molar-refractivity contribution >= 4 is 25.7 Å². The molecule has 13 heteroatoms. The third-order valence-electron chi connectivity index (χ3n) is 8.29. The third kappa shape index (κ3) is 41.0. The lowest BCUT2D eigenvalue weighted by atomic mass is 10.2. The molecule has 0 aliphatic heterocycles. The minimum absolute atomic E-state index is 0.00334. The topological polar surface area (TPSA) is 192 Å². The van der Waals surface area contributed by atoms with Gasteiger partial charge in [0.25, 0.3) is 0 Å². The van der Waals surface area contributed by atoms with Gasteiger partial charge in [0.05, 0.1) is 19.3 Å². The van der Waals surface area contributed by atoms with Crippen LogP contribution in [0.3, 0.4) is 0 Å². The van der Waals surface area contributed by atoms with Crippen molar-refractivity contribution in [2.24, 2.45) is 5.73 Å². The van der Waals surface area contributed by atoms with E-state index in [-0.39, 0.29) is 12.8 Å². The smallest absolute Gasteiger partial charge is 0.472 e. The molecule has 0 rings (SSSR count). The van der Waals surface area contributed by atoms with Crippen molar-refractivity contribution in [3.05, 3.63) is 122 Å². The molecule has 61 heavy (non-hydrogen) atoms. The minimum Gasteiger partial charge on any atom is -0.480 e. The van der Waals surface area contributed by atoms with Gasteiger partial charge in [-0.15, -0.1) is 0 Å². The molecule has 0 fully saturated rings. The molecule has 0 aromatic rings. The zero-order valence-corrected chi connectivity index (χ0v) is 37.4. The van der Waals surface area contributed by atoms with Crippen LogP contribution in [-0.2, 0) is 37.5 Å². The Labute approximate surface area is 365 Å². The second-order valence-corrected chi connectivity index (χ2v) is 15.4. The van der Waals surface area contributed by atoms with E-state index in [2.05, 4.69) is 79.1 Å². The highest BCUT2D eigenvalue weighted by Gasteiger charge is 2.28. The summed E-state index contributed by atoms with van der Waals surface area (Å²) in [5.41, 5.74) is 5.32. The van der Waals surface area contributed by atoms with E-state index in [1.807, 2.05) is 54.7 Å². The highest BCUT2D eigenvalue weighted by molar-refractivity contribution is 7.47. The van der Waals surface area contributed by atoms with Crippen LogP contribution in [0.15, 0.2) is 122 Å². The van der Waals surface area contributed by atoms with E-state index in [1.165, 1.54) is 19.3 Å². The Morgan fingerprint density at radius 3 is 1.70 bits per heavy atom. The number of phosphoric ester groups is 1. The van der Waals surface area contributed by atoms with Gasteiger partial charge in [0, 0.05) is 12.8 Å². The number of carboxylic acid groups (broad SMARTS) is 1. The summed E-state index contributed by atoms with van der Waals surface area (Å²) in [6.07, 6.45) is 51.7. The summed E-state index contributed by atoms with van der Waals surface area (Å²) in [6, 6.07) is -1.56. The molecule has 12 nitrogen and oxygen atoms in total. The first-order valence-corrected chi connectivity index (χ1v) is 23.2. The van der Waals surface area contributed by atoms with Crippen molar-refractivity contribution in [2.75, 3.05) is 19.8 Å². The normalized spacial score (nSPS) is 15.4. The fourth-order valence-corrected chi connectivity index (χ4v) is 5.65. The molecule has 0 aliphatic rings. The lowest BCUT2D eigenvalue weighted by Crippen LogP contribution is -2.34. The number of carbonyl (C=O) groups is 3. The number of aliphatic hydroxyl groups excluding tert-OH is 1. The first kappa shape index (κ1) is 56.8. The molecule has 4 atom stereocenters. The molecule has 0 aliphatic carbocycles. The Bertz CT molecular complexity index is 1510. The summed E-state index contributed by atoms with van der Waals surface area (Å²) in [7, 11) is -4.77. The van der Waals surface area contributed by atoms with E-state index in [4.69, 9.17) is 24.8 Å². The van der Waals surface area contributed by atoms with Gasteiger partial charge in [-0.1, -0.05) is 148 Å². The second kappa shape index (κ2) is 41.2. The van der Waals surface area contributed by atoms with E-state index in [1.54, 1.807) is 6.08 Å². The van der Waals surface area contributed by atoms with E-state index in [0.717, 1.165) is 38.5 Å². The predicted octanol–water partition coefficient (Wildman–Crippen LogP) is 10.6. The number of rotatable bonds is 38. The Morgan fingerprint density at radius 2 is 1.13 bits per heavy atom. The van der Waals surface area contributed by atoms with Gasteiger partial charge in [-0.3, -0.25) is 23.4 Å². The molecule has 0 bridgehead atoms. The fraction of sp³-hybridized carbons (Fsp3) is 0.521. The minimum atomic E-state index is -4.77.